The minimum Gasteiger partial charge on any atom is -0.506 e. The lowest BCUT2D eigenvalue weighted by molar-refractivity contribution is 0.0954. The van der Waals surface area contributed by atoms with E-state index in [1.807, 2.05) is 22.6 Å². The molecule has 124 valence electrons. The number of hydrogen-bond donors (Lipinski definition) is 2. The maximum atomic E-state index is 12.1. The van der Waals surface area contributed by atoms with Crippen LogP contribution in [0.2, 0.25) is 0 Å². The van der Waals surface area contributed by atoms with E-state index in [4.69, 9.17) is 9.47 Å². The van der Waals surface area contributed by atoms with Gasteiger partial charge in [0.25, 0.3) is 5.91 Å². The number of amides is 1. The fourth-order valence-corrected chi connectivity index (χ4v) is 3.64. The second-order valence-electron chi connectivity index (χ2n) is 4.88. The first-order valence-electron chi connectivity index (χ1n) is 6.95. The van der Waals surface area contributed by atoms with Gasteiger partial charge >= 0.3 is 0 Å². The van der Waals surface area contributed by atoms with Crippen molar-refractivity contribution in [3.05, 3.63) is 49.5 Å². The van der Waals surface area contributed by atoms with Crippen molar-refractivity contribution in [1.82, 2.24) is 5.43 Å². The van der Waals surface area contributed by atoms with Gasteiger partial charge in [-0.15, -0.1) is 0 Å². The molecule has 0 fully saturated rings. The van der Waals surface area contributed by atoms with E-state index < -0.39 is 0 Å². The first-order chi connectivity index (χ1) is 11.5. The highest BCUT2D eigenvalue weighted by Gasteiger charge is 2.14. The summed E-state index contributed by atoms with van der Waals surface area (Å²) in [5, 5.41) is 13.9. The number of carbonyl (C=O) groups is 1. The van der Waals surface area contributed by atoms with E-state index in [1.165, 1.54) is 6.21 Å². The molecule has 2 aromatic rings. The van der Waals surface area contributed by atoms with Crippen molar-refractivity contribution in [1.29, 1.82) is 0 Å². The van der Waals surface area contributed by atoms with E-state index in [2.05, 4.69) is 26.5 Å². The number of phenols is 1. The third-order valence-corrected chi connectivity index (χ3v) is 4.51. The number of halogens is 2. The molecule has 1 heterocycles. The molecule has 0 aliphatic carbocycles. The Morgan fingerprint density at radius 3 is 2.79 bits per heavy atom. The predicted octanol–water partition coefficient (Wildman–Crippen LogP) is 3.29. The van der Waals surface area contributed by atoms with Crippen LogP contribution in [0.25, 0.3) is 0 Å². The second-order valence-corrected chi connectivity index (χ2v) is 6.96. The molecule has 8 heteroatoms. The number of benzene rings is 2. The SMILES string of the molecule is O=C(N/N=C\c1cc(Br)cc(I)c1O)c1ccc2c(c1)OCCO2. The maximum absolute atomic E-state index is 12.1. The Morgan fingerprint density at radius 2 is 2.00 bits per heavy atom. The lowest BCUT2D eigenvalue weighted by atomic mass is 10.2. The van der Waals surface area contributed by atoms with Crippen molar-refractivity contribution in [2.75, 3.05) is 13.2 Å². The molecule has 0 aromatic heterocycles. The van der Waals surface area contributed by atoms with Crippen LogP contribution in [0.15, 0.2) is 39.9 Å². The highest BCUT2D eigenvalue weighted by atomic mass is 127. The Morgan fingerprint density at radius 1 is 1.25 bits per heavy atom. The molecule has 0 atom stereocenters. The zero-order valence-corrected chi connectivity index (χ0v) is 16.0. The molecule has 2 N–H and O–H groups in total. The Kier molecular flexibility index (Phi) is 5.24. The molecule has 0 saturated carbocycles. The van der Waals surface area contributed by atoms with Crippen LogP contribution in [0.4, 0.5) is 0 Å². The third kappa shape index (κ3) is 3.81. The minimum atomic E-state index is -0.382. The van der Waals surface area contributed by atoms with Gasteiger partial charge in [-0.2, -0.15) is 5.10 Å². The molecule has 1 aliphatic heterocycles. The van der Waals surface area contributed by atoms with Crippen LogP contribution < -0.4 is 14.9 Å². The van der Waals surface area contributed by atoms with Crippen LogP contribution in [-0.2, 0) is 0 Å². The van der Waals surface area contributed by atoms with Crippen LogP contribution >= 0.6 is 38.5 Å². The summed E-state index contributed by atoms with van der Waals surface area (Å²) in [6.45, 7) is 0.953. The lowest BCUT2D eigenvalue weighted by Gasteiger charge is -2.18. The summed E-state index contributed by atoms with van der Waals surface area (Å²) in [6.07, 6.45) is 1.39. The number of hydrogen-bond acceptors (Lipinski definition) is 5. The number of nitrogens with one attached hydrogen (secondary N) is 1. The van der Waals surface area contributed by atoms with Gasteiger partial charge in [-0.05, 0) is 52.9 Å². The van der Waals surface area contributed by atoms with Gasteiger partial charge in [-0.3, -0.25) is 4.79 Å². The van der Waals surface area contributed by atoms with Gasteiger partial charge in [0.2, 0.25) is 0 Å². The third-order valence-electron chi connectivity index (χ3n) is 3.23. The Bertz CT molecular complexity index is 826. The second kappa shape index (κ2) is 7.39. The molecule has 1 amide bonds. The average molecular weight is 503 g/mol. The largest absolute Gasteiger partial charge is 0.506 e. The molecule has 24 heavy (non-hydrogen) atoms. The monoisotopic (exact) mass is 502 g/mol. The van der Waals surface area contributed by atoms with Crippen molar-refractivity contribution < 1.29 is 19.4 Å². The summed E-state index contributed by atoms with van der Waals surface area (Å²) in [5.74, 6) is 0.885. The quantitative estimate of drug-likeness (QED) is 0.383. The minimum absolute atomic E-state index is 0.108. The smallest absolute Gasteiger partial charge is 0.271 e. The molecule has 0 bridgehead atoms. The number of nitrogens with zero attached hydrogens (tertiary/aromatic N) is 1. The van der Waals surface area contributed by atoms with Gasteiger partial charge in [0.1, 0.15) is 19.0 Å². The first-order valence-corrected chi connectivity index (χ1v) is 8.83. The van der Waals surface area contributed by atoms with Crippen LogP contribution in [0.3, 0.4) is 0 Å². The van der Waals surface area contributed by atoms with Gasteiger partial charge in [0, 0.05) is 15.6 Å². The number of hydrazone groups is 1. The highest BCUT2D eigenvalue weighted by Crippen LogP contribution is 2.30. The number of rotatable bonds is 3. The molecular formula is C16H12BrIN2O4. The van der Waals surface area contributed by atoms with Crippen molar-refractivity contribution in [2.45, 2.75) is 0 Å². The standard InChI is InChI=1S/C16H12BrIN2O4/c17-11-5-10(15(21)12(18)7-11)8-19-20-16(22)9-1-2-13-14(6-9)24-4-3-23-13/h1-2,5-8,21H,3-4H2,(H,20,22)/b19-8-. The van der Waals surface area contributed by atoms with Crippen LogP contribution in [0, 0.1) is 3.57 Å². The highest BCUT2D eigenvalue weighted by molar-refractivity contribution is 14.1. The number of phenolic OH excluding ortho intramolecular Hbond substituents is 1. The number of aromatic hydroxyl groups is 1. The fourth-order valence-electron chi connectivity index (χ4n) is 2.09. The molecule has 2 aromatic carbocycles. The zero-order valence-electron chi connectivity index (χ0n) is 12.3. The Balaban J connectivity index is 1.72. The lowest BCUT2D eigenvalue weighted by Crippen LogP contribution is -2.19. The predicted molar refractivity (Wildman–Crippen MR) is 101 cm³/mol. The van der Waals surface area contributed by atoms with Crippen LogP contribution in [0.1, 0.15) is 15.9 Å². The molecule has 0 radical (unpaired) electrons. The van der Waals surface area contributed by atoms with Crippen molar-refractivity contribution in [3.8, 4) is 17.2 Å². The molecule has 0 saturated heterocycles. The fraction of sp³-hybridized carbons (Fsp3) is 0.125. The van der Waals surface area contributed by atoms with Gasteiger partial charge in [0.15, 0.2) is 11.5 Å². The van der Waals surface area contributed by atoms with E-state index in [0.717, 1.165) is 4.47 Å². The number of fused-ring (bicyclic) bond motifs is 1. The van der Waals surface area contributed by atoms with Crippen molar-refractivity contribution in [3.63, 3.8) is 0 Å². The normalized spacial score (nSPS) is 13.1. The molecule has 0 unspecified atom stereocenters. The van der Waals surface area contributed by atoms with Gasteiger partial charge in [-0.25, -0.2) is 5.43 Å². The van der Waals surface area contributed by atoms with Gasteiger partial charge in [0.05, 0.1) is 9.78 Å². The number of ether oxygens (including phenoxy) is 2. The average Bonchev–Trinajstić information content (AvgIpc) is 2.58. The maximum Gasteiger partial charge on any atom is 0.271 e. The Labute approximate surface area is 160 Å². The Hall–Kier alpha value is -1.81. The number of carbonyl (C=O) groups excluding carboxylic acids is 1. The molecule has 6 nitrogen and oxygen atoms in total. The van der Waals surface area contributed by atoms with Crippen LogP contribution in [0.5, 0.6) is 17.2 Å². The summed E-state index contributed by atoms with van der Waals surface area (Å²) < 4.78 is 12.4. The molecule has 0 spiro atoms. The summed E-state index contributed by atoms with van der Waals surface area (Å²) in [4.78, 5) is 12.1. The van der Waals surface area contributed by atoms with E-state index in [0.29, 0.717) is 39.4 Å². The van der Waals surface area contributed by atoms with E-state index in [-0.39, 0.29) is 11.7 Å². The van der Waals surface area contributed by atoms with Gasteiger partial charge < -0.3 is 14.6 Å². The molecule has 1 aliphatic rings. The van der Waals surface area contributed by atoms with Crippen molar-refractivity contribution >= 4 is 50.6 Å². The van der Waals surface area contributed by atoms with Crippen LogP contribution in [-0.4, -0.2) is 30.4 Å². The summed E-state index contributed by atoms with van der Waals surface area (Å²) in [6, 6.07) is 8.42. The van der Waals surface area contributed by atoms with E-state index >= 15 is 0 Å². The summed E-state index contributed by atoms with van der Waals surface area (Å²) in [5.41, 5.74) is 3.33. The molecule has 3 rings (SSSR count). The topological polar surface area (TPSA) is 80.2 Å². The molecular weight excluding hydrogens is 491 g/mol. The summed E-state index contributed by atoms with van der Waals surface area (Å²) >= 11 is 5.36. The van der Waals surface area contributed by atoms with E-state index in [9.17, 15) is 9.90 Å². The first kappa shape index (κ1) is 17.0. The summed E-state index contributed by atoms with van der Waals surface area (Å²) in [7, 11) is 0. The zero-order chi connectivity index (χ0) is 17.1. The van der Waals surface area contributed by atoms with E-state index in [1.54, 1.807) is 30.3 Å². The van der Waals surface area contributed by atoms with Gasteiger partial charge in [-0.1, -0.05) is 15.9 Å². The van der Waals surface area contributed by atoms with Crippen molar-refractivity contribution in [2.24, 2.45) is 5.10 Å².